The van der Waals surface area contributed by atoms with E-state index in [0.717, 1.165) is 32.6 Å². The molecule has 0 spiro atoms. The van der Waals surface area contributed by atoms with Gasteiger partial charge in [-0.1, -0.05) is 26.0 Å². The summed E-state index contributed by atoms with van der Waals surface area (Å²) in [5, 5.41) is 10.0. The Labute approximate surface area is 149 Å². The molecule has 2 heterocycles. The van der Waals surface area contributed by atoms with E-state index in [4.69, 9.17) is 4.74 Å². The first-order valence-electron chi connectivity index (χ1n) is 8.92. The molecule has 1 aromatic carbocycles. The third kappa shape index (κ3) is 3.97. The highest BCUT2D eigenvalue weighted by Crippen LogP contribution is 2.37. The first kappa shape index (κ1) is 17.8. The molecule has 1 aromatic heterocycles. The Morgan fingerprint density at radius 3 is 2.83 bits per heavy atom. The van der Waals surface area contributed by atoms with Crippen molar-refractivity contribution < 1.29 is 9.84 Å². The summed E-state index contributed by atoms with van der Waals surface area (Å²) in [4.78, 5) is 2.44. The summed E-state index contributed by atoms with van der Waals surface area (Å²) >= 11 is 4.21. The molecule has 0 aliphatic carbocycles. The summed E-state index contributed by atoms with van der Waals surface area (Å²) in [6.07, 6.45) is 3.63. The Morgan fingerprint density at radius 1 is 1.33 bits per heavy atom. The van der Waals surface area contributed by atoms with Gasteiger partial charge in [0.2, 0.25) is 5.12 Å². The molecule has 1 fully saturated rings. The molecule has 3 rings (SSSR count). The SMILES string of the molecule is CCN(CC)CCn1ccc2ccc(C3CCOC(O)(S)C3)cc21. The topological polar surface area (TPSA) is 37.6 Å². The minimum Gasteiger partial charge on any atom is -0.357 e. The van der Waals surface area contributed by atoms with Crippen LogP contribution in [0.2, 0.25) is 0 Å². The summed E-state index contributed by atoms with van der Waals surface area (Å²) in [7, 11) is 0. The van der Waals surface area contributed by atoms with E-state index in [1.807, 2.05) is 0 Å². The number of aliphatic hydroxyl groups is 1. The molecule has 2 aromatic rings. The number of hydrogen-bond acceptors (Lipinski definition) is 4. The third-order valence-corrected chi connectivity index (χ3v) is 5.44. The maximum atomic E-state index is 10.1. The van der Waals surface area contributed by atoms with Crippen molar-refractivity contribution in [1.82, 2.24) is 9.47 Å². The zero-order valence-electron chi connectivity index (χ0n) is 14.6. The number of rotatable bonds is 6. The van der Waals surface area contributed by atoms with Crippen molar-refractivity contribution in [2.75, 3.05) is 26.2 Å². The van der Waals surface area contributed by atoms with E-state index < -0.39 is 5.12 Å². The van der Waals surface area contributed by atoms with Gasteiger partial charge in [0.15, 0.2) is 0 Å². The van der Waals surface area contributed by atoms with Crippen molar-refractivity contribution in [3.8, 4) is 0 Å². The van der Waals surface area contributed by atoms with Crippen LogP contribution in [0.1, 0.15) is 38.2 Å². The smallest absolute Gasteiger partial charge is 0.213 e. The number of benzene rings is 1. The van der Waals surface area contributed by atoms with Crippen LogP contribution >= 0.6 is 12.6 Å². The van der Waals surface area contributed by atoms with Crippen LogP contribution < -0.4 is 0 Å². The molecule has 24 heavy (non-hydrogen) atoms. The van der Waals surface area contributed by atoms with Gasteiger partial charge >= 0.3 is 0 Å². The molecule has 2 atom stereocenters. The quantitative estimate of drug-likeness (QED) is 0.620. The lowest BCUT2D eigenvalue weighted by Crippen LogP contribution is -2.33. The molecule has 0 bridgehead atoms. The third-order valence-electron chi connectivity index (χ3n) is 5.13. The first-order valence-corrected chi connectivity index (χ1v) is 9.37. The van der Waals surface area contributed by atoms with Gasteiger partial charge < -0.3 is 19.3 Å². The molecular formula is C19H28N2O2S. The number of likely N-dealkylation sites (N-methyl/N-ethyl adjacent to an activating group) is 1. The number of ether oxygens (including phenoxy) is 1. The van der Waals surface area contributed by atoms with E-state index in [-0.39, 0.29) is 5.92 Å². The Morgan fingerprint density at radius 2 is 2.12 bits per heavy atom. The summed E-state index contributed by atoms with van der Waals surface area (Å²) in [5.41, 5.74) is 2.54. The van der Waals surface area contributed by atoms with E-state index in [1.54, 1.807) is 0 Å². The normalized spacial score (nSPS) is 24.8. The predicted molar refractivity (Wildman–Crippen MR) is 102 cm³/mol. The largest absolute Gasteiger partial charge is 0.357 e. The molecule has 1 aliphatic heterocycles. The van der Waals surface area contributed by atoms with Gasteiger partial charge in [0, 0.05) is 31.2 Å². The molecule has 5 heteroatoms. The van der Waals surface area contributed by atoms with Crippen LogP contribution in [0.25, 0.3) is 10.9 Å². The standard InChI is InChI=1S/C19H28N2O2S/c1-3-20(4-2)10-11-21-9-7-15-5-6-16(13-18(15)21)17-8-12-23-19(22,24)14-17/h5-7,9,13,17,22,24H,3-4,8,10-12,14H2,1-2H3. The molecule has 132 valence electrons. The summed E-state index contributed by atoms with van der Waals surface area (Å²) in [6, 6.07) is 8.82. The van der Waals surface area contributed by atoms with Gasteiger partial charge in [-0.2, -0.15) is 0 Å². The number of nitrogens with zero attached hydrogens (tertiary/aromatic N) is 2. The number of hydrogen-bond donors (Lipinski definition) is 2. The van der Waals surface area contributed by atoms with E-state index in [1.165, 1.54) is 16.5 Å². The van der Waals surface area contributed by atoms with E-state index >= 15 is 0 Å². The first-order chi connectivity index (χ1) is 11.5. The van der Waals surface area contributed by atoms with Crippen LogP contribution in [-0.4, -0.2) is 45.9 Å². The maximum Gasteiger partial charge on any atom is 0.213 e. The van der Waals surface area contributed by atoms with Crippen molar-refractivity contribution in [2.24, 2.45) is 0 Å². The fourth-order valence-electron chi connectivity index (χ4n) is 3.57. The fraction of sp³-hybridized carbons (Fsp3) is 0.579. The highest BCUT2D eigenvalue weighted by atomic mass is 32.1. The van der Waals surface area contributed by atoms with Gasteiger partial charge in [-0.05, 0) is 48.5 Å². The van der Waals surface area contributed by atoms with Gasteiger partial charge in [0.1, 0.15) is 0 Å². The molecule has 1 N–H and O–H groups in total. The van der Waals surface area contributed by atoms with Crippen LogP contribution in [0.3, 0.4) is 0 Å². The molecule has 0 saturated carbocycles. The van der Waals surface area contributed by atoms with E-state index in [0.29, 0.717) is 13.0 Å². The minimum atomic E-state index is -1.30. The molecule has 0 amide bonds. The average molecular weight is 349 g/mol. The highest BCUT2D eigenvalue weighted by molar-refractivity contribution is 7.81. The van der Waals surface area contributed by atoms with Crippen molar-refractivity contribution >= 4 is 23.5 Å². The lowest BCUT2D eigenvalue weighted by atomic mass is 9.90. The Kier molecular flexibility index (Phi) is 5.55. The van der Waals surface area contributed by atoms with E-state index in [9.17, 15) is 5.11 Å². The molecule has 4 nitrogen and oxygen atoms in total. The van der Waals surface area contributed by atoms with Gasteiger partial charge in [-0.25, -0.2) is 0 Å². The number of thiol groups is 1. The molecule has 1 saturated heterocycles. The van der Waals surface area contributed by atoms with Crippen molar-refractivity contribution in [3.63, 3.8) is 0 Å². The average Bonchev–Trinajstić information content (AvgIpc) is 2.97. The van der Waals surface area contributed by atoms with Crippen molar-refractivity contribution in [3.05, 3.63) is 36.0 Å². The minimum absolute atomic E-state index is 0.289. The van der Waals surface area contributed by atoms with Gasteiger partial charge in [-0.3, -0.25) is 0 Å². The van der Waals surface area contributed by atoms with Crippen molar-refractivity contribution in [2.45, 2.75) is 44.3 Å². The van der Waals surface area contributed by atoms with Crippen LogP contribution in [0.15, 0.2) is 30.5 Å². The van der Waals surface area contributed by atoms with Gasteiger partial charge in [0.05, 0.1) is 6.61 Å². The van der Waals surface area contributed by atoms with Gasteiger partial charge in [0.25, 0.3) is 0 Å². The summed E-state index contributed by atoms with van der Waals surface area (Å²) in [6.45, 7) is 9.20. The van der Waals surface area contributed by atoms with Gasteiger partial charge in [-0.15, -0.1) is 12.6 Å². The molecule has 0 radical (unpaired) electrons. The second-order valence-electron chi connectivity index (χ2n) is 6.64. The zero-order valence-corrected chi connectivity index (χ0v) is 15.5. The fourth-order valence-corrected chi connectivity index (χ4v) is 3.88. The van der Waals surface area contributed by atoms with Crippen molar-refractivity contribution in [1.29, 1.82) is 0 Å². The Bertz CT molecular complexity index is 679. The Hall–Kier alpha value is -1.01. The number of aromatic nitrogens is 1. The lowest BCUT2D eigenvalue weighted by Gasteiger charge is -2.33. The lowest BCUT2D eigenvalue weighted by molar-refractivity contribution is -0.157. The molecule has 1 aliphatic rings. The highest BCUT2D eigenvalue weighted by Gasteiger charge is 2.32. The summed E-state index contributed by atoms with van der Waals surface area (Å²) in [5.74, 6) is 0.289. The second kappa shape index (κ2) is 7.48. The van der Waals surface area contributed by atoms with Crippen LogP contribution in [0, 0.1) is 0 Å². The van der Waals surface area contributed by atoms with Crippen LogP contribution in [0.4, 0.5) is 0 Å². The Balaban J connectivity index is 1.80. The van der Waals surface area contributed by atoms with E-state index in [2.05, 4.69) is 66.4 Å². The monoisotopic (exact) mass is 348 g/mol. The number of fused-ring (bicyclic) bond motifs is 1. The second-order valence-corrected chi connectivity index (χ2v) is 7.33. The zero-order chi connectivity index (χ0) is 17.2. The summed E-state index contributed by atoms with van der Waals surface area (Å²) < 4.78 is 7.65. The molecular weight excluding hydrogens is 320 g/mol. The van der Waals surface area contributed by atoms with Crippen LogP contribution in [0.5, 0.6) is 0 Å². The molecule has 2 unspecified atom stereocenters. The van der Waals surface area contributed by atoms with Crippen LogP contribution in [-0.2, 0) is 11.3 Å². The predicted octanol–water partition coefficient (Wildman–Crippen LogP) is 3.45. The maximum absolute atomic E-state index is 10.1.